The second-order valence-corrected chi connectivity index (χ2v) is 11.5. The Morgan fingerprint density at radius 2 is 1.71 bits per heavy atom. The lowest BCUT2D eigenvalue weighted by molar-refractivity contribution is -0.0508. The zero-order chi connectivity index (χ0) is 19.8. The summed E-state index contributed by atoms with van der Waals surface area (Å²) in [6, 6.07) is 0. The van der Waals surface area contributed by atoms with E-state index in [0.717, 1.165) is 36.5 Å². The Labute approximate surface area is 174 Å². The first kappa shape index (κ1) is 21.0. The van der Waals surface area contributed by atoms with Gasteiger partial charge in [0.2, 0.25) is 0 Å². The molecule has 160 valence electrons. The van der Waals surface area contributed by atoms with E-state index in [9.17, 15) is 5.11 Å². The Bertz CT molecular complexity index is 565. The molecule has 0 aromatic heterocycles. The molecule has 4 aliphatic carbocycles. The van der Waals surface area contributed by atoms with Gasteiger partial charge in [0.25, 0.3) is 0 Å². The molecule has 0 heterocycles. The minimum absolute atomic E-state index is 0.0714. The van der Waals surface area contributed by atoms with Gasteiger partial charge in [-0.1, -0.05) is 70.9 Å². The number of hydrogen-bond donors (Lipinski definition) is 1. The molecule has 28 heavy (non-hydrogen) atoms. The van der Waals surface area contributed by atoms with Crippen molar-refractivity contribution in [2.75, 3.05) is 0 Å². The number of aliphatic hydroxyl groups excluding tert-OH is 1. The molecule has 0 amide bonds. The van der Waals surface area contributed by atoms with E-state index in [2.05, 4.69) is 26.8 Å². The van der Waals surface area contributed by atoms with E-state index in [0.29, 0.717) is 10.8 Å². The molecule has 0 saturated heterocycles. The van der Waals surface area contributed by atoms with Crippen LogP contribution in [0.2, 0.25) is 0 Å². The summed E-state index contributed by atoms with van der Waals surface area (Å²) in [6.07, 6.45) is 23.1. The molecule has 0 aromatic carbocycles. The quantitative estimate of drug-likeness (QED) is 0.351. The van der Waals surface area contributed by atoms with E-state index in [1.54, 1.807) is 5.57 Å². The van der Waals surface area contributed by atoms with Gasteiger partial charge in [-0.25, -0.2) is 0 Å². The minimum atomic E-state index is -0.0714. The largest absolute Gasteiger partial charge is 0.393 e. The normalized spacial score (nSPS) is 45.1. The summed E-state index contributed by atoms with van der Waals surface area (Å²) in [4.78, 5) is 0. The standard InChI is InChI=1S/C27H46O/c1-4-5-6-7-8-9-10-20-12-14-24-23-13-11-21-19-22(28)15-17-27(21,3)25(23)16-18-26(20,24)2/h11,20,22-25,28H,4-10,12-19H2,1-3H3/t20-,22-,23-,24-,25-,26+,27-/m0/s1. The van der Waals surface area contributed by atoms with Crippen LogP contribution in [-0.2, 0) is 0 Å². The van der Waals surface area contributed by atoms with Gasteiger partial charge in [0, 0.05) is 0 Å². The van der Waals surface area contributed by atoms with Crippen LogP contribution in [0.5, 0.6) is 0 Å². The summed E-state index contributed by atoms with van der Waals surface area (Å²) in [5.41, 5.74) is 2.65. The van der Waals surface area contributed by atoms with Gasteiger partial charge < -0.3 is 5.11 Å². The van der Waals surface area contributed by atoms with Gasteiger partial charge in [0.15, 0.2) is 0 Å². The van der Waals surface area contributed by atoms with Crippen molar-refractivity contribution in [2.24, 2.45) is 34.5 Å². The highest BCUT2D eigenvalue weighted by Gasteiger charge is 2.58. The topological polar surface area (TPSA) is 20.2 Å². The summed E-state index contributed by atoms with van der Waals surface area (Å²) < 4.78 is 0. The minimum Gasteiger partial charge on any atom is -0.393 e. The predicted molar refractivity (Wildman–Crippen MR) is 119 cm³/mol. The van der Waals surface area contributed by atoms with Crippen LogP contribution in [0.25, 0.3) is 0 Å². The molecule has 7 atom stereocenters. The van der Waals surface area contributed by atoms with Crippen LogP contribution < -0.4 is 0 Å². The number of hydrogen-bond acceptors (Lipinski definition) is 1. The summed E-state index contributed by atoms with van der Waals surface area (Å²) in [7, 11) is 0. The molecule has 1 nitrogen and oxygen atoms in total. The molecule has 0 radical (unpaired) electrons. The monoisotopic (exact) mass is 386 g/mol. The fourth-order valence-corrected chi connectivity index (χ4v) is 8.40. The van der Waals surface area contributed by atoms with Crippen LogP contribution in [0.3, 0.4) is 0 Å². The average molecular weight is 387 g/mol. The van der Waals surface area contributed by atoms with Crippen molar-refractivity contribution in [3.05, 3.63) is 11.6 Å². The third-order valence-electron chi connectivity index (χ3n) is 10.2. The Morgan fingerprint density at radius 3 is 2.54 bits per heavy atom. The van der Waals surface area contributed by atoms with Crippen molar-refractivity contribution in [3.8, 4) is 0 Å². The zero-order valence-electron chi connectivity index (χ0n) is 19.0. The maximum absolute atomic E-state index is 10.2. The Balaban J connectivity index is 1.39. The highest BCUT2D eigenvalue weighted by Crippen LogP contribution is 2.66. The van der Waals surface area contributed by atoms with Crippen molar-refractivity contribution in [3.63, 3.8) is 0 Å². The van der Waals surface area contributed by atoms with Crippen molar-refractivity contribution in [2.45, 2.75) is 123 Å². The molecule has 0 spiro atoms. The van der Waals surface area contributed by atoms with Gasteiger partial charge in [0.1, 0.15) is 0 Å². The van der Waals surface area contributed by atoms with Gasteiger partial charge in [-0.3, -0.25) is 0 Å². The van der Waals surface area contributed by atoms with Gasteiger partial charge in [-0.15, -0.1) is 0 Å². The predicted octanol–water partition coefficient (Wildman–Crippen LogP) is 7.68. The Kier molecular flexibility index (Phi) is 6.32. The molecule has 1 heteroatoms. The maximum atomic E-state index is 10.2. The van der Waals surface area contributed by atoms with E-state index in [1.807, 2.05) is 0 Å². The maximum Gasteiger partial charge on any atom is 0.0577 e. The summed E-state index contributed by atoms with van der Waals surface area (Å²) in [6.45, 7) is 7.57. The smallest absolute Gasteiger partial charge is 0.0577 e. The molecule has 0 aromatic rings. The van der Waals surface area contributed by atoms with Crippen LogP contribution in [0.1, 0.15) is 117 Å². The average Bonchev–Trinajstić information content (AvgIpc) is 3.01. The third-order valence-corrected chi connectivity index (χ3v) is 10.2. The van der Waals surface area contributed by atoms with Gasteiger partial charge in [-0.2, -0.15) is 0 Å². The molecule has 0 aliphatic heterocycles. The number of fused-ring (bicyclic) bond motifs is 5. The first-order chi connectivity index (χ1) is 13.5. The fraction of sp³-hybridized carbons (Fsp3) is 0.926. The van der Waals surface area contributed by atoms with Crippen molar-refractivity contribution in [1.29, 1.82) is 0 Å². The molecule has 4 rings (SSSR count). The van der Waals surface area contributed by atoms with Crippen LogP contribution in [-0.4, -0.2) is 11.2 Å². The van der Waals surface area contributed by atoms with Crippen molar-refractivity contribution in [1.82, 2.24) is 0 Å². The molecular weight excluding hydrogens is 340 g/mol. The van der Waals surface area contributed by atoms with Crippen LogP contribution in [0.15, 0.2) is 11.6 Å². The molecule has 3 fully saturated rings. The Hall–Kier alpha value is -0.300. The molecular formula is C27H46O. The van der Waals surface area contributed by atoms with Crippen LogP contribution >= 0.6 is 0 Å². The molecule has 3 saturated carbocycles. The third kappa shape index (κ3) is 3.63. The van der Waals surface area contributed by atoms with Crippen LogP contribution in [0.4, 0.5) is 0 Å². The van der Waals surface area contributed by atoms with E-state index in [4.69, 9.17) is 0 Å². The van der Waals surface area contributed by atoms with Gasteiger partial charge in [0.05, 0.1) is 6.10 Å². The van der Waals surface area contributed by atoms with Gasteiger partial charge in [-0.05, 0) is 92.3 Å². The first-order valence-corrected chi connectivity index (χ1v) is 12.9. The van der Waals surface area contributed by atoms with E-state index in [-0.39, 0.29) is 6.10 Å². The highest BCUT2D eigenvalue weighted by atomic mass is 16.3. The summed E-state index contributed by atoms with van der Waals surface area (Å²) >= 11 is 0. The molecule has 0 bridgehead atoms. The summed E-state index contributed by atoms with van der Waals surface area (Å²) in [5.74, 6) is 3.79. The molecule has 0 unspecified atom stereocenters. The highest BCUT2D eigenvalue weighted by molar-refractivity contribution is 5.25. The van der Waals surface area contributed by atoms with Crippen molar-refractivity contribution >= 4 is 0 Å². The second-order valence-electron chi connectivity index (χ2n) is 11.5. The van der Waals surface area contributed by atoms with E-state index < -0.39 is 0 Å². The SMILES string of the molecule is CCCCCCCC[C@H]1CC[C@H]2[C@@H]3CC=C4C[C@@H](O)CC[C@]4(C)[C@H]3CC[C@]12C. The number of allylic oxidation sites excluding steroid dienone is 1. The van der Waals surface area contributed by atoms with Crippen LogP contribution in [0, 0.1) is 34.5 Å². The second kappa shape index (κ2) is 8.44. The number of unbranched alkanes of at least 4 members (excludes halogenated alkanes) is 5. The lowest BCUT2D eigenvalue weighted by Gasteiger charge is -2.58. The number of aliphatic hydroxyl groups is 1. The van der Waals surface area contributed by atoms with Crippen molar-refractivity contribution < 1.29 is 5.11 Å². The van der Waals surface area contributed by atoms with Gasteiger partial charge >= 0.3 is 0 Å². The lowest BCUT2D eigenvalue weighted by atomic mass is 9.47. The van der Waals surface area contributed by atoms with E-state index >= 15 is 0 Å². The molecule has 4 aliphatic rings. The molecule has 1 N–H and O–H groups in total. The summed E-state index contributed by atoms with van der Waals surface area (Å²) in [5, 5.41) is 10.2. The van der Waals surface area contributed by atoms with E-state index in [1.165, 1.54) is 83.5 Å². The first-order valence-electron chi connectivity index (χ1n) is 12.9. The number of rotatable bonds is 7. The zero-order valence-corrected chi connectivity index (χ0v) is 19.0. The lowest BCUT2D eigenvalue weighted by Crippen LogP contribution is -2.50. The Morgan fingerprint density at radius 1 is 0.929 bits per heavy atom. The fourth-order valence-electron chi connectivity index (χ4n) is 8.40.